The predicted octanol–water partition coefficient (Wildman–Crippen LogP) is 3.48. The van der Waals surface area contributed by atoms with E-state index in [0.29, 0.717) is 23.3 Å². The molecule has 4 nitrogen and oxygen atoms in total. The molecule has 0 aliphatic heterocycles. The standard InChI is InChI=1S/C17H12ClNO3/c1-2-22-17(19)12-8-7-11-13(14(12)18)16(21)10-6-4-3-5-9(10)15(11)20/h3-8,19H,2H2,1H3. The second-order valence-electron chi connectivity index (χ2n) is 4.82. The minimum absolute atomic E-state index is 0.0869. The van der Waals surface area contributed by atoms with Gasteiger partial charge in [0.25, 0.3) is 0 Å². The zero-order chi connectivity index (χ0) is 15.9. The molecule has 3 rings (SSSR count). The van der Waals surface area contributed by atoms with E-state index >= 15 is 0 Å². The molecule has 1 N–H and O–H groups in total. The number of rotatable bonds is 2. The van der Waals surface area contributed by atoms with Gasteiger partial charge in [0, 0.05) is 16.7 Å². The zero-order valence-electron chi connectivity index (χ0n) is 11.8. The van der Waals surface area contributed by atoms with E-state index in [0.717, 1.165) is 0 Å². The van der Waals surface area contributed by atoms with Crippen molar-refractivity contribution >= 4 is 29.1 Å². The molecule has 0 radical (unpaired) electrons. The molecule has 1 aliphatic rings. The largest absolute Gasteiger partial charge is 0.478 e. The Kier molecular flexibility index (Phi) is 3.54. The van der Waals surface area contributed by atoms with Crippen molar-refractivity contribution in [1.82, 2.24) is 0 Å². The minimum atomic E-state index is -0.304. The molecule has 0 aromatic heterocycles. The van der Waals surface area contributed by atoms with E-state index in [2.05, 4.69) is 0 Å². The van der Waals surface area contributed by atoms with Crippen molar-refractivity contribution in [2.24, 2.45) is 0 Å². The van der Waals surface area contributed by atoms with Crippen LogP contribution in [0.1, 0.15) is 44.3 Å². The van der Waals surface area contributed by atoms with Gasteiger partial charge in [0.05, 0.1) is 22.8 Å². The molecule has 2 aromatic rings. The van der Waals surface area contributed by atoms with Crippen molar-refractivity contribution in [2.75, 3.05) is 6.61 Å². The van der Waals surface area contributed by atoms with Crippen LogP contribution >= 0.6 is 11.6 Å². The highest BCUT2D eigenvalue weighted by atomic mass is 35.5. The summed E-state index contributed by atoms with van der Waals surface area (Å²) in [5.41, 5.74) is 1.43. The van der Waals surface area contributed by atoms with Crippen LogP contribution in [0.5, 0.6) is 0 Å². The summed E-state index contributed by atoms with van der Waals surface area (Å²) < 4.78 is 5.13. The van der Waals surface area contributed by atoms with Crippen molar-refractivity contribution in [3.05, 3.63) is 69.2 Å². The van der Waals surface area contributed by atoms with Crippen LogP contribution in [0.4, 0.5) is 0 Å². The smallest absolute Gasteiger partial charge is 0.214 e. The second-order valence-corrected chi connectivity index (χ2v) is 5.19. The molecule has 0 atom stereocenters. The molecule has 0 saturated carbocycles. The van der Waals surface area contributed by atoms with E-state index in [1.54, 1.807) is 31.2 Å². The fraction of sp³-hybridized carbons (Fsp3) is 0.118. The van der Waals surface area contributed by atoms with E-state index in [4.69, 9.17) is 21.7 Å². The van der Waals surface area contributed by atoms with Gasteiger partial charge in [0.2, 0.25) is 5.90 Å². The lowest BCUT2D eigenvalue weighted by molar-refractivity contribution is 0.0979. The van der Waals surface area contributed by atoms with Crippen LogP contribution in [-0.4, -0.2) is 24.1 Å². The SMILES string of the molecule is CCOC(=N)c1ccc2c(c1Cl)C(=O)c1ccccc1C2=O. The van der Waals surface area contributed by atoms with E-state index < -0.39 is 0 Å². The number of carbonyl (C=O) groups excluding carboxylic acids is 2. The molecule has 5 heteroatoms. The number of benzene rings is 2. The topological polar surface area (TPSA) is 67.2 Å². The number of hydrogen-bond acceptors (Lipinski definition) is 4. The summed E-state index contributed by atoms with van der Waals surface area (Å²) in [6, 6.07) is 9.72. The Balaban J connectivity index is 2.21. The fourth-order valence-corrected chi connectivity index (χ4v) is 2.88. The minimum Gasteiger partial charge on any atom is -0.478 e. The Labute approximate surface area is 132 Å². The molecule has 0 heterocycles. The molecular weight excluding hydrogens is 302 g/mol. The van der Waals surface area contributed by atoms with E-state index in [9.17, 15) is 9.59 Å². The average molecular weight is 314 g/mol. The van der Waals surface area contributed by atoms with Gasteiger partial charge < -0.3 is 4.74 Å². The summed E-state index contributed by atoms with van der Waals surface area (Å²) in [4.78, 5) is 25.2. The van der Waals surface area contributed by atoms with E-state index in [1.807, 2.05) is 0 Å². The van der Waals surface area contributed by atoms with Crippen LogP contribution in [0.25, 0.3) is 0 Å². The molecular formula is C17H12ClNO3. The molecule has 110 valence electrons. The van der Waals surface area contributed by atoms with Crippen LogP contribution in [0.3, 0.4) is 0 Å². The summed E-state index contributed by atoms with van der Waals surface area (Å²) in [7, 11) is 0. The molecule has 2 aromatic carbocycles. The first-order chi connectivity index (χ1) is 10.6. The third-order valence-corrected chi connectivity index (χ3v) is 3.96. The maximum absolute atomic E-state index is 12.7. The number of ketones is 2. The summed E-state index contributed by atoms with van der Waals surface area (Å²) in [6.45, 7) is 2.08. The van der Waals surface area contributed by atoms with Gasteiger partial charge in [-0.25, -0.2) is 0 Å². The van der Waals surface area contributed by atoms with Gasteiger partial charge in [0.15, 0.2) is 11.6 Å². The molecule has 0 bridgehead atoms. The van der Waals surface area contributed by atoms with Gasteiger partial charge in [-0.05, 0) is 19.1 Å². The Morgan fingerprint density at radius 1 is 1.05 bits per heavy atom. The number of carbonyl (C=O) groups is 2. The number of nitrogens with one attached hydrogen (secondary N) is 1. The summed E-state index contributed by atoms with van der Waals surface area (Å²) in [5.74, 6) is -0.655. The van der Waals surface area contributed by atoms with Crippen LogP contribution in [-0.2, 0) is 4.74 Å². The molecule has 0 saturated heterocycles. The van der Waals surface area contributed by atoms with E-state index in [-0.39, 0.29) is 33.6 Å². The predicted molar refractivity (Wildman–Crippen MR) is 83.2 cm³/mol. The first-order valence-electron chi connectivity index (χ1n) is 6.79. The first-order valence-corrected chi connectivity index (χ1v) is 7.16. The molecule has 0 fully saturated rings. The Bertz CT molecular complexity index is 827. The van der Waals surface area contributed by atoms with Crippen molar-refractivity contribution in [3.63, 3.8) is 0 Å². The molecule has 1 aliphatic carbocycles. The van der Waals surface area contributed by atoms with E-state index in [1.165, 1.54) is 12.1 Å². The van der Waals surface area contributed by atoms with Crippen LogP contribution in [0.2, 0.25) is 5.02 Å². The molecule has 0 amide bonds. The Morgan fingerprint density at radius 2 is 1.68 bits per heavy atom. The monoisotopic (exact) mass is 313 g/mol. The van der Waals surface area contributed by atoms with Crippen molar-refractivity contribution < 1.29 is 14.3 Å². The van der Waals surface area contributed by atoms with Crippen molar-refractivity contribution in [1.29, 1.82) is 5.41 Å². The number of fused-ring (bicyclic) bond motifs is 2. The number of hydrogen-bond donors (Lipinski definition) is 1. The summed E-state index contributed by atoms with van der Waals surface area (Å²) in [6.07, 6.45) is 0. The number of halogens is 1. The fourth-order valence-electron chi connectivity index (χ4n) is 2.54. The highest BCUT2D eigenvalue weighted by molar-refractivity contribution is 6.41. The average Bonchev–Trinajstić information content (AvgIpc) is 2.52. The maximum atomic E-state index is 12.7. The lowest BCUT2D eigenvalue weighted by Crippen LogP contribution is -2.22. The van der Waals surface area contributed by atoms with Gasteiger partial charge in [-0.1, -0.05) is 35.9 Å². The lowest BCUT2D eigenvalue weighted by atomic mass is 9.83. The van der Waals surface area contributed by atoms with Gasteiger partial charge in [0.1, 0.15) is 0 Å². The van der Waals surface area contributed by atoms with Crippen molar-refractivity contribution in [2.45, 2.75) is 6.92 Å². The quantitative estimate of drug-likeness (QED) is 0.582. The molecule has 22 heavy (non-hydrogen) atoms. The van der Waals surface area contributed by atoms with Gasteiger partial charge in [-0.3, -0.25) is 15.0 Å². The highest BCUT2D eigenvalue weighted by Crippen LogP contribution is 2.34. The summed E-state index contributed by atoms with van der Waals surface area (Å²) in [5, 5.41) is 7.93. The third-order valence-electron chi connectivity index (χ3n) is 3.56. The highest BCUT2D eigenvalue weighted by Gasteiger charge is 2.32. The first kappa shape index (κ1) is 14.5. The van der Waals surface area contributed by atoms with Gasteiger partial charge >= 0.3 is 0 Å². The van der Waals surface area contributed by atoms with Crippen LogP contribution < -0.4 is 0 Å². The molecule has 0 spiro atoms. The number of ether oxygens (including phenoxy) is 1. The normalized spacial score (nSPS) is 12.6. The Hall–Kier alpha value is -2.46. The molecule has 0 unspecified atom stereocenters. The second kappa shape index (κ2) is 5.39. The Morgan fingerprint density at radius 3 is 2.32 bits per heavy atom. The maximum Gasteiger partial charge on any atom is 0.214 e. The van der Waals surface area contributed by atoms with Crippen LogP contribution in [0, 0.1) is 5.41 Å². The lowest BCUT2D eigenvalue weighted by Gasteiger charge is -2.20. The summed E-state index contributed by atoms with van der Waals surface area (Å²) >= 11 is 6.29. The van der Waals surface area contributed by atoms with Crippen molar-refractivity contribution in [3.8, 4) is 0 Å². The third kappa shape index (κ3) is 2.04. The van der Waals surface area contributed by atoms with Crippen LogP contribution in [0.15, 0.2) is 36.4 Å². The van der Waals surface area contributed by atoms with Gasteiger partial charge in [-0.15, -0.1) is 0 Å². The zero-order valence-corrected chi connectivity index (χ0v) is 12.5. The van der Waals surface area contributed by atoms with Gasteiger partial charge in [-0.2, -0.15) is 0 Å².